The van der Waals surface area contributed by atoms with Gasteiger partial charge in [-0.15, -0.1) is 0 Å². The molecule has 0 amide bonds. The zero-order chi connectivity index (χ0) is 7.84. The topological polar surface area (TPSA) is 4.93 Å². The normalized spacial score (nSPS) is 12.2. The Bertz CT molecular complexity index is 395. The van der Waals surface area contributed by atoms with E-state index >= 15 is 0 Å². The first kappa shape index (κ1) is 6.30. The highest BCUT2D eigenvalue weighted by Gasteiger charge is 2.05. The standard InChI is InChI=1S/C10H9N/c1-8-7-9-5-3-4-6-10(9)11(8)2/h5-7H,1-2H3. The molecule has 0 atom stereocenters. The van der Waals surface area contributed by atoms with Crippen LogP contribution in [-0.4, -0.2) is 4.57 Å². The van der Waals surface area contributed by atoms with Gasteiger partial charge in [0.2, 0.25) is 0 Å². The molecular formula is C10H9N. The predicted molar refractivity (Wildman–Crippen MR) is 46.1 cm³/mol. The minimum absolute atomic E-state index is 1.22. The van der Waals surface area contributed by atoms with Gasteiger partial charge in [0.1, 0.15) is 0 Å². The lowest BCUT2D eigenvalue weighted by Crippen LogP contribution is -1.93. The van der Waals surface area contributed by atoms with Crippen LogP contribution in [0.1, 0.15) is 17.0 Å². The van der Waals surface area contributed by atoms with Crippen molar-refractivity contribution in [3.05, 3.63) is 34.5 Å². The summed E-state index contributed by atoms with van der Waals surface area (Å²) in [5.74, 6) is 0. The SMILES string of the molecule is Cc1cc2c(n1C)C=C=C=C2. The summed E-state index contributed by atoms with van der Waals surface area (Å²) in [7, 11) is 2.06. The quantitative estimate of drug-likeness (QED) is 0.498. The van der Waals surface area contributed by atoms with Crippen molar-refractivity contribution < 1.29 is 0 Å². The van der Waals surface area contributed by atoms with Crippen LogP contribution < -0.4 is 0 Å². The van der Waals surface area contributed by atoms with E-state index in [1.807, 2.05) is 12.2 Å². The zero-order valence-corrected chi connectivity index (χ0v) is 6.68. The number of aryl methyl sites for hydroxylation is 1. The third-order valence-electron chi connectivity index (χ3n) is 2.07. The van der Waals surface area contributed by atoms with E-state index in [4.69, 9.17) is 0 Å². The van der Waals surface area contributed by atoms with E-state index in [1.165, 1.54) is 17.0 Å². The lowest BCUT2D eigenvalue weighted by atomic mass is 10.2. The lowest BCUT2D eigenvalue weighted by molar-refractivity contribution is 0.871. The monoisotopic (exact) mass is 143 g/mol. The first-order valence-corrected chi connectivity index (χ1v) is 3.63. The molecule has 0 N–H and O–H groups in total. The number of nitrogens with zero attached hydrogens (tertiary/aromatic N) is 1. The molecule has 0 fully saturated rings. The lowest BCUT2D eigenvalue weighted by Gasteiger charge is -1.99. The Hall–Kier alpha value is -1.42. The van der Waals surface area contributed by atoms with Crippen LogP contribution in [0.25, 0.3) is 12.2 Å². The van der Waals surface area contributed by atoms with Gasteiger partial charge >= 0.3 is 0 Å². The van der Waals surface area contributed by atoms with E-state index in [0.717, 1.165) is 0 Å². The molecule has 0 saturated carbocycles. The predicted octanol–water partition coefficient (Wildman–Crippen LogP) is 2.13. The summed E-state index contributed by atoms with van der Waals surface area (Å²) in [5, 5.41) is 0. The molecule has 0 aromatic carbocycles. The van der Waals surface area contributed by atoms with Crippen molar-refractivity contribution in [2.24, 2.45) is 7.05 Å². The fraction of sp³-hybridized carbons (Fsp3) is 0.200. The van der Waals surface area contributed by atoms with Gasteiger partial charge in [0.05, 0.1) is 5.69 Å². The van der Waals surface area contributed by atoms with Crippen molar-refractivity contribution >= 4 is 12.2 Å². The van der Waals surface area contributed by atoms with Crippen molar-refractivity contribution in [1.82, 2.24) is 4.57 Å². The van der Waals surface area contributed by atoms with E-state index in [9.17, 15) is 0 Å². The van der Waals surface area contributed by atoms with E-state index in [1.54, 1.807) is 0 Å². The Labute approximate surface area is 66.0 Å². The Morgan fingerprint density at radius 2 is 2.00 bits per heavy atom. The van der Waals surface area contributed by atoms with Gasteiger partial charge in [-0.3, -0.25) is 0 Å². The molecule has 1 aromatic rings. The van der Waals surface area contributed by atoms with Crippen LogP contribution in [0.5, 0.6) is 0 Å². The number of hydrogen-bond acceptors (Lipinski definition) is 0. The molecule has 1 aromatic heterocycles. The van der Waals surface area contributed by atoms with Crippen molar-refractivity contribution in [2.45, 2.75) is 6.92 Å². The molecule has 1 aliphatic carbocycles. The van der Waals surface area contributed by atoms with Gasteiger partial charge in [-0.2, -0.15) is 0 Å². The first-order chi connectivity index (χ1) is 5.29. The second-order valence-electron chi connectivity index (χ2n) is 2.76. The number of fused-ring (bicyclic) bond motifs is 1. The van der Waals surface area contributed by atoms with Crippen molar-refractivity contribution in [1.29, 1.82) is 0 Å². The third-order valence-corrected chi connectivity index (χ3v) is 2.07. The summed E-state index contributed by atoms with van der Waals surface area (Å²) in [6.07, 6.45) is 3.92. The molecule has 0 aliphatic heterocycles. The average Bonchev–Trinajstić information content (AvgIpc) is 2.30. The molecule has 0 radical (unpaired) electrons. The molecular weight excluding hydrogens is 134 g/mol. The first-order valence-electron chi connectivity index (χ1n) is 3.63. The van der Waals surface area contributed by atoms with E-state index in [2.05, 4.69) is 36.1 Å². The van der Waals surface area contributed by atoms with E-state index < -0.39 is 0 Å². The second kappa shape index (κ2) is 2.03. The highest BCUT2D eigenvalue weighted by molar-refractivity contribution is 5.67. The van der Waals surface area contributed by atoms with Crippen LogP contribution in [0.4, 0.5) is 0 Å². The third kappa shape index (κ3) is 0.798. The number of hydrogen-bond donors (Lipinski definition) is 0. The molecule has 2 rings (SSSR count). The molecule has 1 heterocycles. The summed E-state index contributed by atoms with van der Waals surface area (Å²) >= 11 is 0. The highest BCUT2D eigenvalue weighted by Crippen LogP contribution is 2.18. The summed E-state index contributed by atoms with van der Waals surface area (Å²) in [5.41, 5.74) is 9.62. The fourth-order valence-electron chi connectivity index (χ4n) is 1.30. The van der Waals surface area contributed by atoms with Gasteiger partial charge in [-0.25, -0.2) is 0 Å². The van der Waals surface area contributed by atoms with E-state index in [0.29, 0.717) is 0 Å². The largest absolute Gasteiger partial charge is 0.347 e. The van der Waals surface area contributed by atoms with Crippen molar-refractivity contribution in [3.8, 4) is 0 Å². The second-order valence-corrected chi connectivity index (χ2v) is 2.76. The Morgan fingerprint density at radius 3 is 2.73 bits per heavy atom. The molecule has 0 unspecified atom stereocenters. The maximum Gasteiger partial charge on any atom is 0.0571 e. The van der Waals surface area contributed by atoms with E-state index in [-0.39, 0.29) is 0 Å². The van der Waals surface area contributed by atoms with Gasteiger partial charge in [0, 0.05) is 24.4 Å². The zero-order valence-electron chi connectivity index (χ0n) is 6.68. The molecule has 0 bridgehead atoms. The summed E-state index contributed by atoms with van der Waals surface area (Å²) < 4.78 is 2.15. The number of aromatic nitrogens is 1. The molecule has 1 nitrogen and oxygen atoms in total. The Balaban J connectivity index is 2.78. The van der Waals surface area contributed by atoms with Crippen LogP contribution in [-0.2, 0) is 7.05 Å². The van der Waals surface area contributed by atoms with Crippen LogP contribution in [0.2, 0.25) is 0 Å². The Morgan fingerprint density at radius 1 is 1.27 bits per heavy atom. The summed E-state index contributed by atoms with van der Waals surface area (Å²) in [6, 6.07) is 2.15. The minimum atomic E-state index is 1.22. The van der Waals surface area contributed by atoms with Crippen LogP contribution in [0.3, 0.4) is 0 Å². The molecule has 11 heavy (non-hydrogen) atoms. The molecule has 54 valence electrons. The highest BCUT2D eigenvalue weighted by atomic mass is 14.9. The minimum Gasteiger partial charge on any atom is -0.347 e. The van der Waals surface area contributed by atoms with Gasteiger partial charge in [-0.1, -0.05) is 11.5 Å². The average molecular weight is 143 g/mol. The van der Waals surface area contributed by atoms with Gasteiger partial charge in [-0.05, 0) is 19.1 Å². The maximum absolute atomic E-state index is 2.94. The van der Waals surface area contributed by atoms with Crippen molar-refractivity contribution in [2.75, 3.05) is 0 Å². The summed E-state index contributed by atoms with van der Waals surface area (Å²) in [4.78, 5) is 0. The maximum atomic E-state index is 2.94. The Kier molecular flexibility index (Phi) is 1.16. The smallest absolute Gasteiger partial charge is 0.0571 e. The van der Waals surface area contributed by atoms with Crippen LogP contribution >= 0.6 is 0 Å². The van der Waals surface area contributed by atoms with Crippen molar-refractivity contribution in [3.63, 3.8) is 0 Å². The molecule has 0 saturated heterocycles. The number of rotatable bonds is 0. The fourth-order valence-corrected chi connectivity index (χ4v) is 1.30. The van der Waals surface area contributed by atoms with Crippen LogP contribution in [0, 0.1) is 6.92 Å². The molecule has 1 heteroatoms. The van der Waals surface area contributed by atoms with Gasteiger partial charge in [0.15, 0.2) is 0 Å². The van der Waals surface area contributed by atoms with Gasteiger partial charge in [0.25, 0.3) is 0 Å². The van der Waals surface area contributed by atoms with Gasteiger partial charge < -0.3 is 4.57 Å². The van der Waals surface area contributed by atoms with Crippen LogP contribution in [0.15, 0.2) is 17.5 Å². The molecule has 1 aliphatic rings. The molecule has 0 spiro atoms. The summed E-state index contributed by atoms with van der Waals surface area (Å²) in [6.45, 7) is 2.10.